The first-order valence-corrected chi connectivity index (χ1v) is 4.88. The fraction of sp³-hybridized carbons (Fsp3) is 0.417. The molecule has 1 N–H and O–H groups in total. The molecule has 0 aliphatic rings. The minimum absolute atomic E-state index is 0.585. The summed E-state index contributed by atoms with van der Waals surface area (Å²) >= 11 is 0. The van der Waals surface area contributed by atoms with Gasteiger partial charge in [-0.1, -0.05) is 19.9 Å². The quantitative estimate of drug-likeness (QED) is 0.791. The van der Waals surface area contributed by atoms with Gasteiger partial charge in [-0.25, -0.2) is 0 Å². The highest BCUT2D eigenvalue weighted by Gasteiger charge is 2.01. The highest BCUT2D eigenvalue weighted by molar-refractivity contribution is 5.58. The number of anilines is 1. The van der Waals surface area contributed by atoms with Crippen LogP contribution in [0.2, 0.25) is 0 Å². The van der Waals surface area contributed by atoms with E-state index in [1.54, 1.807) is 0 Å². The Kier molecular flexibility index (Phi) is 3.53. The van der Waals surface area contributed by atoms with E-state index < -0.39 is 0 Å². The van der Waals surface area contributed by atoms with Crippen molar-refractivity contribution in [2.45, 2.75) is 20.8 Å². The first kappa shape index (κ1) is 10.6. The number of rotatable bonds is 3. The van der Waals surface area contributed by atoms with Crippen molar-refractivity contribution in [2.75, 3.05) is 11.9 Å². The van der Waals surface area contributed by atoms with E-state index in [1.807, 2.05) is 25.1 Å². The van der Waals surface area contributed by atoms with Crippen LogP contribution in [-0.2, 0) is 0 Å². The van der Waals surface area contributed by atoms with Crippen molar-refractivity contribution < 1.29 is 0 Å². The van der Waals surface area contributed by atoms with E-state index in [0.717, 1.165) is 17.8 Å². The molecule has 0 aliphatic heterocycles. The Hall–Kier alpha value is -1.49. The van der Waals surface area contributed by atoms with Crippen LogP contribution in [0.5, 0.6) is 0 Å². The molecule has 0 aromatic heterocycles. The lowest BCUT2D eigenvalue weighted by molar-refractivity contribution is 0.689. The van der Waals surface area contributed by atoms with Crippen molar-refractivity contribution in [1.29, 1.82) is 5.26 Å². The van der Waals surface area contributed by atoms with E-state index in [9.17, 15) is 0 Å². The van der Waals surface area contributed by atoms with E-state index in [2.05, 4.69) is 25.2 Å². The SMILES string of the molecule is Cc1ccc(C#N)c(NCC(C)C)c1. The second-order valence-corrected chi connectivity index (χ2v) is 3.94. The smallest absolute Gasteiger partial charge is 0.101 e. The van der Waals surface area contributed by atoms with E-state index >= 15 is 0 Å². The number of hydrogen-bond acceptors (Lipinski definition) is 2. The average Bonchev–Trinajstić information content (AvgIpc) is 2.15. The number of nitrogens with one attached hydrogen (secondary N) is 1. The molecule has 0 atom stereocenters. The van der Waals surface area contributed by atoms with E-state index in [1.165, 1.54) is 5.56 Å². The number of nitrogens with zero attached hydrogens (tertiary/aromatic N) is 1. The topological polar surface area (TPSA) is 35.8 Å². The summed E-state index contributed by atoms with van der Waals surface area (Å²) in [7, 11) is 0. The van der Waals surface area contributed by atoms with Crippen molar-refractivity contribution in [3.63, 3.8) is 0 Å². The molecule has 0 fully saturated rings. The third-order valence-electron chi connectivity index (χ3n) is 2.00. The van der Waals surface area contributed by atoms with E-state index in [4.69, 9.17) is 5.26 Å². The van der Waals surface area contributed by atoms with Gasteiger partial charge in [0.15, 0.2) is 0 Å². The number of nitriles is 1. The van der Waals surface area contributed by atoms with Crippen LogP contribution in [0.3, 0.4) is 0 Å². The monoisotopic (exact) mass is 188 g/mol. The molecule has 0 saturated carbocycles. The Bertz CT molecular complexity index is 348. The molecule has 74 valence electrons. The molecule has 2 nitrogen and oxygen atoms in total. The Morgan fingerprint density at radius 3 is 2.71 bits per heavy atom. The molecule has 2 heteroatoms. The van der Waals surface area contributed by atoms with Crippen molar-refractivity contribution in [2.24, 2.45) is 5.92 Å². The zero-order chi connectivity index (χ0) is 10.6. The normalized spacial score (nSPS) is 9.93. The fourth-order valence-electron chi connectivity index (χ4n) is 1.22. The van der Waals surface area contributed by atoms with Crippen molar-refractivity contribution >= 4 is 5.69 Å². The summed E-state index contributed by atoms with van der Waals surface area (Å²) in [5, 5.41) is 12.2. The van der Waals surface area contributed by atoms with Gasteiger partial charge in [-0.05, 0) is 30.5 Å². The maximum Gasteiger partial charge on any atom is 0.101 e. The average molecular weight is 188 g/mol. The van der Waals surface area contributed by atoms with Gasteiger partial charge >= 0.3 is 0 Å². The van der Waals surface area contributed by atoms with Gasteiger partial charge < -0.3 is 5.32 Å². The van der Waals surface area contributed by atoms with Crippen LogP contribution in [0.1, 0.15) is 25.0 Å². The highest BCUT2D eigenvalue weighted by Crippen LogP contribution is 2.16. The minimum Gasteiger partial charge on any atom is -0.384 e. The lowest BCUT2D eigenvalue weighted by Crippen LogP contribution is -2.09. The third kappa shape index (κ3) is 2.77. The Morgan fingerprint density at radius 1 is 1.43 bits per heavy atom. The maximum absolute atomic E-state index is 8.88. The van der Waals surface area contributed by atoms with Gasteiger partial charge in [0.1, 0.15) is 6.07 Å². The molecular formula is C12H16N2. The second-order valence-electron chi connectivity index (χ2n) is 3.94. The molecule has 0 unspecified atom stereocenters. The fourth-order valence-corrected chi connectivity index (χ4v) is 1.22. The summed E-state index contributed by atoms with van der Waals surface area (Å²) in [5.74, 6) is 0.585. The van der Waals surface area contributed by atoms with Crippen molar-refractivity contribution in [3.05, 3.63) is 29.3 Å². The molecule has 0 spiro atoms. The largest absolute Gasteiger partial charge is 0.384 e. The van der Waals surface area contributed by atoms with Crippen molar-refractivity contribution in [3.8, 4) is 6.07 Å². The number of hydrogen-bond donors (Lipinski definition) is 1. The highest BCUT2D eigenvalue weighted by atomic mass is 14.9. The van der Waals surface area contributed by atoms with Gasteiger partial charge in [0, 0.05) is 6.54 Å². The second kappa shape index (κ2) is 4.66. The molecular weight excluding hydrogens is 172 g/mol. The summed E-state index contributed by atoms with van der Waals surface area (Å²) in [6.07, 6.45) is 0. The van der Waals surface area contributed by atoms with Gasteiger partial charge in [0.2, 0.25) is 0 Å². The standard InChI is InChI=1S/C12H16N2/c1-9(2)8-14-12-6-10(3)4-5-11(12)7-13/h4-6,9,14H,8H2,1-3H3. The zero-order valence-corrected chi connectivity index (χ0v) is 8.96. The van der Waals surface area contributed by atoms with Gasteiger partial charge in [0.25, 0.3) is 0 Å². The molecule has 0 radical (unpaired) electrons. The Morgan fingerprint density at radius 2 is 2.14 bits per heavy atom. The third-order valence-corrected chi connectivity index (χ3v) is 2.00. The zero-order valence-electron chi connectivity index (χ0n) is 8.96. The number of benzene rings is 1. The van der Waals surface area contributed by atoms with Crippen molar-refractivity contribution in [1.82, 2.24) is 0 Å². The van der Waals surface area contributed by atoms with Crippen LogP contribution in [0, 0.1) is 24.2 Å². The molecule has 0 saturated heterocycles. The van der Waals surface area contributed by atoms with Crippen LogP contribution in [0.25, 0.3) is 0 Å². The molecule has 14 heavy (non-hydrogen) atoms. The molecule has 1 rings (SSSR count). The van der Waals surface area contributed by atoms with Crippen LogP contribution in [0.4, 0.5) is 5.69 Å². The maximum atomic E-state index is 8.88. The summed E-state index contributed by atoms with van der Waals surface area (Å²) in [6, 6.07) is 8.02. The molecule has 1 aromatic carbocycles. The lowest BCUT2D eigenvalue weighted by atomic mass is 10.1. The summed E-state index contributed by atoms with van der Waals surface area (Å²) in [6.45, 7) is 7.23. The number of aryl methyl sites for hydroxylation is 1. The predicted molar refractivity (Wildman–Crippen MR) is 59.2 cm³/mol. The Labute approximate surface area is 85.6 Å². The minimum atomic E-state index is 0.585. The van der Waals surface area contributed by atoms with Crippen LogP contribution >= 0.6 is 0 Å². The van der Waals surface area contributed by atoms with Gasteiger partial charge in [0.05, 0.1) is 11.3 Å². The summed E-state index contributed by atoms with van der Waals surface area (Å²) in [5.41, 5.74) is 2.84. The van der Waals surface area contributed by atoms with Gasteiger partial charge in [-0.3, -0.25) is 0 Å². The van der Waals surface area contributed by atoms with E-state index in [-0.39, 0.29) is 0 Å². The molecule has 1 aromatic rings. The van der Waals surface area contributed by atoms with Crippen LogP contribution < -0.4 is 5.32 Å². The summed E-state index contributed by atoms with van der Waals surface area (Å²) < 4.78 is 0. The first-order chi connectivity index (χ1) is 6.63. The van der Waals surface area contributed by atoms with Gasteiger partial charge in [-0.15, -0.1) is 0 Å². The molecule has 0 bridgehead atoms. The lowest BCUT2D eigenvalue weighted by Gasteiger charge is -2.10. The predicted octanol–water partition coefficient (Wildman–Crippen LogP) is 2.93. The molecule has 0 amide bonds. The van der Waals surface area contributed by atoms with Crippen LogP contribution in [0.15, 0.2) is 18.2 Å². The van der Waals surface area contributed by atoms with Crippen LogP contribution in [-0.4, -0.2) is 6.54 Å². The first-order valence-electron chi connectivity index (χ1n) is 4.88. The summed E-state index contributed by atoms with van der Waals surface area (Å²) in [4.78, 5) is 0. The molecule has 0 heterocycles. The van der Waals surface area contributed by atoms with E-state index in [0.29, 0.717) is 5.92 Å². The molecule has 0 aliphatic carbocycles. The van der Waals surface area contributed by atoms with Gasteiger partial charge in [-0.2, -0.15) is 5.26 Å². The Balaban J connectivity index is 2.84.